The van der Waals surface area contributed by atoms with Gasteiger partial charge in [0.15, 0.2) is 0 Å². The van der Waals surface area contributed by atoms with E-state index < -0.39 is 0 Å². The second-order valence-electron chi connectivity index (χ2n) is 4.45. The van der Waals surface area contributed by atoms with Gasteiger partial charge in [0.1, 0.15) is 5.82 Å². The van der Waals surface area contributed by atoms with Gasteiger partial charge in [-0.3, -0.25) is 4.68 Å². The first-order valence-corrected chi connectivity index (χ1v) is 5.95. The zero-order valence-electron chi connectivity index (χ0n) is 9.89. The lowest BCUT2D eigenvalue weighted by molar-refractivity contribution is 0.220. The number of hydrogen-bond acceptors (Lipinski definition) is 4. The fraction of sp³-hybridized carbons (Fsp3) is 0.727. The standard InChI is InChI=1S/C11H21N5/c1-15-11(2-5-14-15)13-6-9-16-7-3-10(12)4-8-16/h2,5,10,13H,3-4,6-9,12H2,1H3. The highest BCUT2D eigenvalue weighted by molar-refractivity contribution is 5.33. The fourth-order valence-corrected chi connectivity index (χ4v) is 2.07. The maximum atomic E-state index is 5.87. The summed E-state index contributed by atoms with van der Waals surface area (Å²) >= 11 is 0. The molecular formula is C11H21N5. The van der Waals surface area contributed by atoms with E-state index in [0.717, 1.165) is 44.8 Å². The molecule has 0 aromatic carbocycles. The Morgan fingerprint density at radius 1 is 1.50 bits per heavy atom. The summed E-state index contributed by atoms with van der Waals surface area (Å²) in [4.78, 5) is 2.47. The topological polar surface area (TPSA) is 59.1 Å². The molecule has 0 spiro atoms. The summed E-state index contributed by atoms with van der Waals surface area (Å²) < 4.78 is 1.85. The first kappa shape index (κ1) is 11.4. The van der Waals surface area contributed by atoms with Crippen LogP contribution >= 0.6 is 0 Å². The molecule has 1 aromatic rings. The minimum atomic E-state index is 0.418. The molecule has 1 aliphatic heterocycles. The Kier molecular flexibility index (Phi) is 3.79. The monoisotopic (exact) mass is 223 g/mol. The van der Waals surface area contributed by atoms with Gasteiger partial charge >= 0.3 is 0 Å². The molecule has 90 valence electrons. The molecule has 5 heteroatoms. The molecule has 1 aliphatic rings. The number of nitrogens with two attached hydrogens (primary N) is 1. The zero-order chi connectivity index (χ0) is 11.4. The summed E-state index contributed by atoms with van der Waals surface area (Å²) in [5.41, 5.74) is 5.87. The van der Waals surface area contributed by atoms with E-state index in [9.17, 15) is 0 Å². The molecule has 0 saturated carbocycles. The van der Waals surface area contributed by atoms with Crippen molar-refractivity contribution in [3.8, 4) is 0 Å². The molecular weight excluding hydrogens is 202 g/mol. The highest BCUT2D eigenvalue weighted by Crippen LogP contribution is 2.08. The molecule has 1 fully saturated rings. The van der Waals surface area contributed by atoms with Gasteiger partial charge in [0, 0.05) is 32.2 Å². The van der Waals surface area contributed by atoms with Crippen LogP contribution in [0.1, 0.15) is 12.8 Å². The molecule has 0 bridgehead atoms. The van der Waals surface area contributed by atoms with E-state index in [4.69, 9.17) is 5.73 Å². The van der Waals surface area contributed by atoms with Crippen molar-refractivity contribution in [1.29, 1.82) is 0 Å². The number of hydrogen-bond donors (Lipinski definition) is 2. The number of rotatable bonds is 4. The van der Waals surface area contributed by atoms with E-state index in [2.05, 4.69) is 15.3 Å². The SMILES string of the molecule is Cn1nccc1NCCN1CCC(N)CC1. The Labute approximate surface area is 96.6 Å². The third-order valence-electron chi connectivity index (χ3n) is 3.19. The number of aryl methyl sites for hydroxylation is 1. The van der Waals surface area contributed by atoms with Gasteiger partial charge < -0.3 is 16.0 Å². The van der Waals surface area contributed by atoms with Crippen molar-refractivity contribution in [3.63, 3.8) is 0 Å². The van der Waals surface area contributed by atoms with Gasteiger partial charge in [0.25, 0.3) is 0 Å². The first-order valence-electron chi connectivity index (χ1n) is 5.95. The number of piperidine rings is 1. The minimum Gasteiger partial charge on any atom is -0.369 e. The molecule has 1 saturated heterocycles. The van der Waals surface area contributed by atoms with Gasteiger partial charge in [-0.25, -0.2) is 0 Å². The molecule has 1 aromatic heterocycles. The summed E-state index contributed by atoms with van der Waals surface area (Å²) in [5.74, 6) is 1.08. The van der Waals surface area contributed by atoms with Crippen LogP contribution in [-0.2, 0) is 7.05 Å². The average molecular weight is 223 g/mol. The Morgan fingerprint density at radius 3 is 2.88 bits per heavy atom. The number of nitrogens with zero attached hydrogens (tertiary/aromatic N) is 3. The van der Waals surface area contributed by atoms with Gasteiger partial charge in [0.05, 0.1) is 6.20 Å². The summed E-state index contributed by atoms with van der Waals surface area (Å²) in [6.07, 6.45) is 4.07. The fourth-order valence-electron chi connectivity index (χ4n) is 2.07. The largest absolute Gasteiger partial charge is 0.369 e. The van der Waals surface area contributed by atoms with Crippen molar-refractivity contribution in [2.45, 2.75) is 18.9 Å². The van der Waals surface area contributed by atoms with E-state index >= 15 is 0 Å². The quantitative estimate of drug-likeness (QED) is 0.768. The molecule has 0 unspecified atom stereocenters. The summed E-state index contributed by atoms with van der Waals surface area (Å²) in [7, 11) is 1.95. The van der Waals surface area contributed by atoms with Gasteiger partial charge in [-0.15, -0.1) is 0 Å². The second-order valence-corrected chi connectivity index (χ2v) is 4.45. The molecule has 0 aliphatic carbocycles. The van der Waals surface area contributed by atoms with Gasteiger partial charge in [-0.2, -0.15) is 5.10 Å². The lowest BCUT2D eigenvalue weighted by atomic mass is 10.1. The van der Waals surface area contributed by atoms with Crippen molar-refractivity contribution in [2.75, 3.05) is 31.5 Å². The summed E-state index contributed by atoms with van der Waals surface area (Å²) in [6, 6.07) is 2.41. The Balaban J connectivity index is 1.67. The molecule has 0 radical (unpaired) electrons. The third kappa shape index (κ3) is 2.96. The third-order valence-corrected chi connectivity index (χ3v) is 3.19. The molecule has 16 heavy (non-hydrogen) atoms. The number of likely N-dealkylation sites (tertiary alicyclic amines) is 1. The van der Waals surface area contributed by atoms with Crippen LogP contribution in [0.4, 0.5) is 5.82 Å². The second kappa shape index (κ2) is 5.32. The number of anilines is 1. The Morgan fingerprint density at radius 2 is 2.25 bits per heavy atom. The van der Waals surface area contributed by atoms with Gasteiger partial charge in [-0.1, -0.05) is 0 Å². The van der Waals surface area contributed by atoms with E-state index in [1.54, 1.807) is 0 Å². The van der Waals surface area contributed by atoms with Crippen molar-refractivity contribution in [1.82, 2.24) is 14.7 Å². The van der Waals surface area contributed by atoms with Crippen LogP contribution in [0.15, 0.2) is 12.3 Å². The molecule has 3 N–H and O–H groups in total. The van der Waals surface area contributed by atoms with Crippen molar-refractivity contribution in [3.05, 3.63) is 12.3 Å². The molecule has 0 amide bonds. The predicted molar refractivity (Wildman–Crippen MR) is 65.3 cm³/mol. The average Bonchev–Trinajstić information content (AvgIpc) is 2.68. The smallest absolute Gasteiger partial charge is 0.123 e. The van der Waals surface area contributed by atoms with Crippen molar-refractivity contribution >= 4 is 5.82 Å². The maximum Gasteiger partial charge on any atom is 0.123 e. The lowest BCUT2D eigenvalue weighted by Crippen LogP contribution is -2.41. The van der Waals surface area contributed by atoms with Crippen LogP contribution in [0.2, 0.25) is 0 Å². The highest BCUT2D eigenvalue weighted by Gasteiger charge is 2.15. The summed E-state index contributed by atoms with van der Waals surface area (Å²) in [5, 5.41) is 7.49. The van der Waals surface area contributed by atoms with Crippen LogP contribution in [-0.4, -0.2) is 46.9 Å². The van der Waals surface area contributed by atoms with E-state index in [0.29, 0.717) is 6.04 Å². The zero-order valence-corrected chi connectivity index (χ0v) is 9.89. The van der Waals surface area contributed by atoms with Crippen LogP contribution in [0.5, 0.6) is 0 Å². The van der Waals surface area contributed by atoms with Crippen LogP contribution in [0.25, 0.3) is 0 Å². The minimum absolute atomic E-state index is 0.418. The molecule has 5 nitrogen and oxygen atoms in total. The van der Waals surface area contributed by atoms with Crippen LogP contribution in [0.3, 0.4) is 0 Å². The van der Waals surface area contributed by atoms with Crippen LogP contribution in [0, 0.1) is 0 Å². The predicted octanol–water partition coefficient (Wildman–Crippen LogP) is 0.255. The normalized spacial score (nSPS) is 18.9. The van der Waals surface area contributed by atoms with E-state index in [1.165, 1.54) is 0 Å². The van der Waals surface area contributed by atoms with E-state index in [-0.39, 0.29) is 0 Å². The highest BCUT2D eigenvalue weighted by atomic mass is 15.3. The van der Waals surface area contributed by atoms with E-state index in [1.807, 2.05) is 24.0 Å². The molecule has 2 heterocycles. The van der Waals surface area contributed by atoms with Gasteiger partial charge in [0.2, 0.25) is 0 Å². The first-order chi connectivity index (χ1) is 7.75. The number of nitrogens with one attached hydrogen (secondary N) is 1. The summed E-state index contributed by atoms with van der Waals surface area (Å²) in [6.45, 7) is 4.31. The Hall–Kier alpha value is -1.07. The van der Waals surface area contributed by atoms with Gasteiger partial charge in [-0.05, 0) is 25.9 Å². The maximum absolute atomic E-state index is 5.87. The number of aromatic nitrogens is 2. The van der Waals surface area contributed by atoms with Crippen LogP contribution < -0.4 is 11.1 Å². The molecule has 2 rings (SSSR count). The van der Waals surface area contributed by atoms with Crippen molar-refractivity contribution in [2.24, 2.45) is 12.8 Å². The Bertz CT molecular complexity index is 314. The lowest BCUT2D eigenvalue weighted by Gasteiger charge is -2.30. The van der Waals surface area contributed by atoms with Crippen molar-refractivity contribution < 1.29 is 0 Å². The molecule has 0 atom stereocenters.